The molecule has 11 aromatic carbocycles. The van der Waals surface area contributed by atoms with Crippen molar-refractivity contribution in [1.82, 2.24) is 9.13 Å². The van der Waals surface area contributed by atoms with E-state index < -0.39 is 0 Å². The van der Waals surface area contributed by atoms with Crippen molar-refractivity contribution in [2.45, 2.75) is 0 Å². The van der Waals surface area contributed by atoms with E-state index in [0.717, 1.165) is 122 Å². The molecule has 76 heavy (non-hydrogen) atoms. The summed E-state index contributed by atoms with van der Waals surface area (Å²) < 4.78 is 17.5. The number of rotatable bonds is 8. The van der Waals surface area contributed by atoms with Crippen LogP contribution in [0.5, 0.6) is 0 Å². The second-order valence-electron chi connectivity index (χ2n) is 19.0. The van der Waals surface area contributed by atoms with Gasteiger partial charge in [0.05, 0.1) is 57.0 Å². The number of furan rings is 2. The molecule has 0 aliphatic rings. The maximum absolute atomic E-state index is 11.6. The maximum Gasteiger partial charge on any atom is 0.212 e. The number of hydrogen-bond donors (Lipinski definition) is 0. The summed E-state index contributed by atoms with van der Waals surface area (Å²) in [6.45, 7) is 9.06. The van der Waals surface area contributed by atoms with Crippen LogP contribution in [0, 0.1) is 17.9 Å². The first kappa shape index (κ1) is 42.8. The van der Waals surface area contributed by atoms with Crippen molar-refractivity contribution in [1.29, 1.82) is 5.26 Å². The Morgan fingerprint density at radius 1 is 0.368 bits per heavy atom. The molecule has 0 bridgehead atoms. The molecule has 15 aromatic rings. The van der Waals surface area contributed by atoms with Crippen LogP contribution in [0.3, 0.4) is 0 Å². The Labute approximate surface area is 435 Å². The molecule has 0 N–H and O–H groups in total. The van der Waals surface area contributed by atoms with Crippen LogP contribution in [-0.2, 0) is 0 Å². The van der Waals surface area contributed by atoms with Gasteiger partial charge in [0.1, 0.15) is 28.4 Å². The van der Waals surface area contributed by atoms with Crippen LogP contribution in [0.2, 0.25) is 0 Å². The van der Waals surface area contributed by atoms with Gasteiger partial charge >= 0.3 is 0 Å². The summed E-state index contributed by atoms with van der Waals surface area (Å²) in [6.07, 6.45) is 0. The van der Waals surface area contributed by atoms with Crippen molar-refractivity contribution < 1.29 is 8.83 Å². The van der Waals surface area contributed by atoms with E-state index >= 15 is 0 Å². The first-order valence-electron chi connectivity index (χ1n) is 25.2. The largest absolute Gasteiger partial charge is 0.456 e. The van der Waals surface area contributed by atoms with E-state index in [0.29, 0.717) is 22.6 Å². The lowest BCUT2D eigenvalue weighted by Gasteiger charge is -2.26. The summed E-state index contributed by atoms with van der Waals surface area (Å²) in [5, 5.41) is 19.3. The van der Waals surface area contributed by atoms with Crippen LogP contribution in [0.15, 0.2) is 251 Å². The molecular weight excluding hydrogens is 933 g/mol. The predicted octanol–water partition coefficient (Wildman–Crippen LogP) is 19.0. The van der Waals surface area contributed by atoms with E-state index in [1.54, 1.807) is 0 Å². The van der Waals surface area contributed by atoms with E-state index in [4.69, 9.17) is 15.4 Å². The Bertz CT molecular complexity index is 4510. The molecule has 15 rings (SSSR count). The van der Waals surface area contributed by atoms with Gasteiger partial charge in [-0.25, -0.2) is 4.85 Å². The molecule has 0 radical (unpaired) electrons. The summed E-state index contributed by atoms with van der Waals surface area (Å²) in [6, 6.07) is 85.5. The molecule has 0 saturated heterocycles. The second kappa shape index (κ2) is 16.9. The van der Waals surface area contributed by atoms with Crippen LogP contribution < -0.4 is 9.80 Å². The van der Waals surface area contributed by atoms with Gasteiger partial charge in [-0.2, -0.15) is 5.26 Å². The summed E-state index contributed by atoms with van der Waals surface area (Å²) in [7, 11) is 0. The molecule has 0 spiro atoms. The first-order chi connectivity index (χ1) is 37.6. The number of para-hydroxylation sites is 6. The number of benzene rings is 11. The number of nitriles is 1. The Hall–Kier alpha value is -10.8. The lowest BCUT2D eigenvalue weighted by atomic mass is 10.1. The zero-order valence-corrected chi connectivity index (χ0v) is 40.6. The van der Waals surface area contributed by atoms with Gasteiger partial charge in [-0.15, -0.1) is 0 Å². The Kier molecular flexibility index (Phi) is 9.52. The second-order valence-corrected chi connectivity index (χ2v) is 19.0. The average molecular weight is 973 g/mol. The van der Waals surface area contributed by atoms with Gasteiger partial charge < -0.3 is 27.8 Å². The number of hydrogen-bond acceptors (Lipinski definition) is 5. The van der Waals surface area contributed by atoms with Crippen molar-refractivity contribution in [3.05, 3.63) is 260 Å². The highest BCUT2D eigenvalue weighted by molar-refractivity contribution is 6.23. The Morgan fingerprint density at radius 2 is 0.776 bits per heavy atom. The predicted molar refractivity (Wildman–Crippen MR) is 310 cm³/mol. The third kappa shape index (κ3) is 6.42. The van der Waals surface area contributed by atoms with Crippen molar-refractivity contribution in [3.8, 4) is 17.4 Å². The van der Waals surface area contributed by atoms with E-state index in [1.165, 1.54) is 0 Å². The topological polar surface area (TPSA) is 70.8 Å². The van der Waals surface area contributed by atoms with Crippen molar-refractivity contribution >= 4 is 127 Å². The number of nitrogens with zero attached hydrogens (tertiary/aromatic N) is 6. The van der Waals surface area contributed by atoms with Crippen molar-refractivity contribution in [2.75, 3.05) is 9.80 Å². The number of fused-ring (bicyclic) bond motifs is 12. The van der Waals surface area contributed by atoms with Gasteiger partial charge in [-0.1, -0.05) is 121 Å². The Balaban J connectivity index is 1.04. The Morgan fingerprint density at radius 3 is 1.20 bits per heavy atom. The van der Waals surface area contributed by atoms with Gasteiger partial charge in [0.25, 0.3) is 0 Å². The van der Waals surface area contributed by atoms with Crippen molar-refractivity contribution in [3.63, 3.8) is 0 Å². The fraction of sp³-hybridized carbons (Fsp3) is 0. The first-order valence-corrected chi connectivity index (χ1v) is 25.2. The molecule has 0 atom stereocenters. The monoisotopic (exact) mass is 972 g/mol. The highest BCUT2D eigenvalue weighted by atomic mass is 16.3. The van der Waals surface area contributed by atoms with E-state index in [1.807, 2.05) is 72.8 Å². The SMILES string of the molecule is [C-]#[N+]c1cc(-n2c3cc4c(cc3c3c(N(c5ccccc5)c5ccccc5)cccc32)oc2ccccc24)c(C#N)cc1-n1c2cc3c(cc2c2c(N(c4ccccc4)c4ccccc4)cccc21)oc1ccccc13. The molecule has 4 heterocycles. The number of aromatic nitrogens is 2. The molecule has 8 nitrogen and oxygen atoms in total. The third-order valence-corrected chi connectivity index (χ3v) is 14.9. The van der Waals surface area contributed by atoms with Crippen LogP contribution in [0.25, 0.3) is 104 Å². The van der Waals surface area contributed by atoms with Gasteiger partial charge in [0.2, 0.25) is 5.69 Å². The normalized spacial score (nSPS) is 11.7. The van der Waals surface area contributed by atoms with Crippen LogP contribution in [0.4, 0.5) is 39.8 Å². The molecule has 0 aliphatic heterocycles. The molecule has 4 aromatic heterocycles. The minimum absolute atomic E-state index is 0.384. The minimum atomic E-state index is 0.384. The van der Waals surface area contributed by atoms with Crippen LogP contribution >= 0.6 is 0 Å². The van der Waals surface area contributed by atoms with E-state index in [-0.39, 0.29) is 0 Å². The molecule has 0 saturated carbocycles. The molecule has 0 aliphatic carbocycles. The zero-order valence-electron chi connectivity index (χ0n) is 40.6. The standard InChI is InChI=1S/C68H40N6O2/c1-70-54-41-59(73-57-32-18-30-55(71(44-20-6-2-7-21-44)45-22-8-3-9-23-45)67(57)52-39-65-50(37-60(52)73)48-28-14-16-34-63(48)75-65)43(42-69)36-62(54)74-58-33-19-31-56(72(46-24-10-4-11-25-46)47-26-12-5-13-27-47)68(58)53-40-66-51(38-61(53)74)49-29-15-17-35-64(49)76-66/h2-41H. The molecule has 0 unspecified atom stereocenters. The number of anilines is 6. The van der Waals surface area contributed by atoms with Crippen LogP contribution in [-0.4, -0.2) is 9.13 Å². The molecule has 8 heteroatoms. The van der Waals surface area contributed by atoms with Gasteiger partial charge in [0.15, 0.2) is 0 Å². The highest BCUT2D eigenvalue weighted by Crippen LogP contribution is 2.49. The lowest BCUT2D eigenvalue weighted by molar-refractivity contribution is 0.669. The third-order valence-electron chi connectivity index (χ3n) is 14.9. The highest BCUT2D eigenvalue weighted by Gasteiger charge is 2.28. The quantitative estimate of drug-likeness (QED) is 0.142. The summed E-state index contributed by atoms with van der Waals surface area (Å²) in [5.41, 5.74) is 14.5. The van der Waals surface area contributed by atoms with E-state index in [9.17, 15) is 5.26 Å². The smallest absolute Gasteiger partial charge is 0.212 e. The molecule has 354 valence electrons. The zero-order chi connectivity index (χ0) is 50.4. The summed E-state index contributed by atoms with van der Waals surface area (Å²) >= 11 is 0. The maximum atomic E-state index is 11.6. The lowest BCUT2D eigenvalue weighted by Crippen LogP contribution is -2.10. The fourth-order valence-corrected chi connectivity index (χ4v) is 11.7. The van der Waals surface area contributed by atoms with Crippen molar-refractivity contribution in [2.24, 2.45) is 0 Å². The molecular formula is C68H40N6O2. The fourth-order valence-electron chi connectivity index (χ4n) is 11.7. The van der Waals surface area contributed by atoms with E-state index in [2.05, 4.69) is 200 Å². The summed E-state index contributed by atoms with van der Waals surface area (Å²) in [5.74, 6) is 0. The van der Waals surface area contributed by atoms with Gasteiger partial charge in [-0.3, -0.25) is 0 Å². The molecule has 0 fully saturated rings. The average Bonchev–Trinajstić information content (AvgIpc) is 4.22. The van der Waals surface area contributed by atoms with Crippen LogP contribution in [0.1, 0.15) is 5.56 Å². The summed E-state index contributed by atoms with van der Waals surface area (Å²) in [4.78, 5) is 8.92. The van der Waals surface area contributed by atoms with Gasteiger partial charge in [0, 0.05) is 65.8 Å². The minimum Gasteiger partial charge on any atom is -0.456 e. The van der Waals surface area contributed by atoms with Gasteiger partial charge in [-0.05, 0) is 121 Å². The molecule has 0 amide bonds.